The monoisotopic (exact) mass is 191 g/mol. The van der Waals surface area contributed by atoms with Crippen molar-refractivity contribution in [3.63, 3.8) is 0 Å². The van der Waals surface area contributed by atoms with Crippen LogP contribution in [0.15, 0.2) is 12.3 Å². The van der Waals surface area contributed by atoms with Crippen molar-refractivity contribution in [3.8, 4) is 0 Å². The molecule has 2 nitrogen and oxygen atoms in total. The molecule has 0 saturated heterocycles. The molecular formula is C12H17NO. The highest BCUT2D eigenvalue weighted by molar-refractivity contribution is 5.79. The first-order valence-electron chi connectivity index (χ1n) is 5.24. The first kappa shape index (κ1) is 9.50. The lowest BCUT2D eigenvalue weighted by molar-refractivity contribution is -0.121. The maximum absolute atomic E-state index is 11.6. The fourth-order valence-electron chi connectivity index (χ4n) is 2.27. The molecule has 0 saturated carbocycles. The lowest BCUT2D eigenvalue weighted by Crippen LogP contribution is -2.23. The van der Waals surface area contributed by atoms with E-state index in [4.69, 9.17) is 0 Å². The van der Waals surface area contributed by atoms with E-state index in [0.717, 1.165) is 12.8 Å². The fraction of sp³-hybridized carbons (Fsp3) is 0.583. The first-order chi connectivity index (χ1) is 6.57. The summed E-state index contributed by atoms with van der Waals surface area (Å²) in [7, 11) is 0. The van der Waals surface area contributed by atoms with Gasteiger partial charge in [-0.1, -0.05) is 13.8 Å². The van der Waals surface area contributed by atoms with Crippen LogP contribution in [0.5, 0.6) is 0 Å². The molecule has 2 rings (SSSR count). The molecule has 0 bridgehead atoms. The zero-order valence-corrected chi connectivity index (χ0v) is 8.89. The summed E-state index contributed by atoms with van der Waals surface area (Å²) in [5.74, 6) is 0.404. The van der Waals surface area contributed by atoms with E-state index in [1.54, 1.807) is 0 Å². The maximum Gasteiger partial charge on any atom is 0.133 e. The Labute approximate surface area is 84.7 Å². The molecule has 0 aromatic carbocycles. The molecule has 1 aromatic heterocycles. The highest BCUT2D eigenvalue weighted by Gasteiger charge is 2.26. The van der Waals surface area contributed by atoms with Crippen LogP contribution in [0.25, 0.3) is 0 Å². The van der Waals surface area contributed by atoms with Gasteiger partial charge in [0.15, 0.2) is 0 Å². The average molecular weight is 191 g/mol. The standard InChI is InChI=1S/C12H17NO/c1-12(2)7-10(14)4-3-9-5-6-13-11(9)8-12/h5-6,13H,3-4,7-8H2,1-2H3. The van der Waals surface area contributed by atoms with E-state index < -0.39 is 0 Å². The highest BCUT2D eigenvalue weighted by atomic mass is 16.1. The van der Waals surface area contributed by atoms with Gasteiger partial charge in [-0.05, 0) is 29.9 Å². The van der Waals surface area contributed by atoms with Crippen LogP contribution in [0.4, 0.5) is 0 Å². The average Bonchev–Trinajstić information content (AvgIpc) is 2.44. The summed E-state index contributed by atoms with van der Waals surface area (Å²) in [6, 6.07) is 2.10. The van der Waals surface area contributed by atoms with Crippen LogP contribution >= 0.6 is 0 Å². The molecular weight excluding hydrogens is 174 g/mol. The van der Waals surface area contributed by atoms with Crippen LogP contribution in [0.1, 0.15) is 37.9 Å². The van der Waals surface area contributed by atoms with Crippen LogP contribution < -0.4 is 0 Å². The minimum atomic E-state index is 0.108. The Bertz CT molecular complexity index is 349. The van der Waals surface area contributed by atoms with E-state index in [2.05, 4.69) is 24.9 Å². The van der Waals surface area contributed by atoms with Crippen LogP contribution in [0.3, 0.4) is 0 Å². The molecule has 0 unspecified atom stereocenters. The third-order valence-corrected chi connectivity index (χ3v) is 2.93. The topological polar surface area (TPSA) is 32.9 Å². The van der Waals surface area contributed by atoms with Gasteiger partial charge in [-0.15, -0.1) is 0 Å². The lowest BCUT2D eigenvalue weighted by Gasteiger charge is -2.26. The van der Waals surface area contributed by atoms with Gasteiger partial charge in [-0.3, -0.25) is 4.79 Å². The van der Waals surface area contributed by atoms with Gasteiger partial charge in [0.05, 0.1) is 0 Å². The van der Waals surface area contributed by atoms with Gasteiger partial charge >= 0.3 is 0 Å². The Kier molecular flexibility index (Phi) is 2.22. The molecule has 1 aromatic rings. The number of nitrogens with one attached hydrogen (secondary N) is 1. The van der Waals surface area contributed by atoms with Crippen molar-refractivity contribution in [1.82, 2.24) is 4.98 Å². The van der Waals surface area contributed by atoms with Gasteiger partial charge < -0.3 is 4.98 Å². The third-order valence-electron chi connectivity index (χ3n) is 2.93. The smallest absolute Gasteiger partial charge is 0.133 e. The molecule has 1 aliphatic carbocycles. The Morgan fingerprint density at radius 2 is 2.07 bits per heavy atom. The largest absolute Gasteiger partial charge is 0.365 e. The summed E-state index contributed by atoms with van der Waals surface area (Å²) < 4.78 is 0. The number of ketones is 1. The fourth-order valence-corrected chi connectivity index (χ4v) is 2.27. The molecule has 1 aliphatic rings. The van der Waals surface area contributed by atoms with E-state index in [0.29, 0.717) is 18.6 Å². The number of aromatic nitrogens is 1. The highest BCUT2D eigenvalue weighted by Crippen LogP contribution is 2.30. The van der Waals surface area contributed by atoms with Crippen molar-refractivity contribution < 1.29 is 4.79 Å². The summed E-state index contributed by atoms with van der Waals surface area (Å²) in [5.41, 5.74) is 2.76. The van der Waals surface area contributed by atoms with Crippen LogP contribution in [0.2, 0.25) is 0 Å². The van der Waals surface area contributed by atoms with Crippen molar-refractivity contribution in [2.24, 2.45) is 5.41 Å². The number of Topliss-reactive ketones (excluding diaryl/α,β-unsaturated/α-hetero) is 1. The lowest BCUT2D eigenvalue weighted by atomic mass is 9.79. The normalized spacial score (nSPS) is 21.1. The third kappa shape index (κ3) is 1.89. The molecule has 1 N–H and O–H groups in total. The van der Waals surface area contributed by atoms with Gasteiger partial charge in [0.1, 0.15) is 5.78 Å². The molecule has 0 radical (unpaired) electrons. The van der Waals surface area contributed by atoms with E-state index in [1.807, 2.05) is 6.20 Å². The Morgan fingerprint density at radius 1 is 1.29 bits per heavy atom. The van der Waals surface area contributed by atoms with Crippen molar-refractivity contribution in [2.45, 2.75) is 39.5 Å². The molecule has 1 heterocycles. The van der Waals surface area contributed by atoms with E-state index >= 15 is 0 Å². The zero-order valence-electron chi connectivity index (χ0n) is 8.89. The second kappa shape index (κ2) is 3.26. The number of carbonyl (C=O) groups is 1. The van der Waals surface area contributed by atoms with Gasteiger partial charge in [0.25, 0.3) is 0 Å². The molecule has 0 aliphatic heterocycles. The molecule has 76 valence electrons. The number of aryl methyl sites for hydroxylation is 1. The Balaban J connectivity index is 2.31. The number of aromatic amines is 1. The van der Waals surface area contributed by atoms with Gasteiger partial charge in [-0.2, -0.15) is 0 Å². The predicted octanol–water partition coefficient (Wildman–Crippen LogP) is 2.49. The molecule has 0 amide bonds. The van der Waals surface area contributed by atoms with Crippen molar-refractivity contribution in [2.75, 3.05) is 0 Å². The van der Waals surface area contributed by atoms with E-state index in [-0.39, 0.29) is 5.41 Å². The number of hydrogen-bond donors (Lipinski definition) is 1. The summed E-state index contributed by atoms with van der Waals surface area (Å²) in [4.78, 5) is 14.9. The zero-order chi connectivity index (χ0) is 10.2. The second-order valence-electron chi connectivity index (χ2n) is 5.04. The first-order valence-corrected chi connectivity index (χ1v) is 5.24. The quantitative estimate of drug-likeness (QED) is 0.671. The van der Waals surface area contributed by atoms with Crippen LogP contribution in [-0.2, 0) is 17.6 Å². The van der Waals surface area contributed by atoms with Gasteiger partial charge in [0.2, 0.25) is 0 Å². The minimum Gasteiger partial charge on any atom is -0.365 e. The van der Waals surface area contributed by atoms with Gasteiger partial charge in [0, 0.05) is 24.7 Å². The number of fused-ring (bicyclic) bond motifs is 1. The maximum atomic E-state index is 11.6. The SMILES string of the molecule is CC1(C)CC(=O)CCc2cc[nH]c2C1. The number of carbonyl (C=O) groups excluding carboxylic acids is 1. The number of H-pyrrole nitrogens is 1. The number of rotatable bonds is 0. The summed E-state index contributed by atoms with van der Waals surface area (Å²) in [6.07, 6.45) is 5.30. The summed E-state index contributed by atoms with van der Waals surface area (Å²) >= 11 is 0. The Hall–Kier alpha value is -1.05. The van der Waals surface area contributed by atoms with Crippen molar-refractivity contribution >= 4 is 5.78 Å². The molecule has 0 fully saturated rings. The summed E-state index contributed by atoms with van der Waals surface area (Å²) in [5, 5.41) is 0. The van der Waals surface area contributed by atoms with Crippen LogP contribution in [-0.4, -0.2) is 10.8 Å². The molecule has 2 heteroatoms. The van der Waals surface area contributed by atoms with Crippen molar-refractivity contribution in [1.29, 1.82) is 0 Å². The van der Waals surface area contributed by atoms with Gasteiger partial charge in [-0.25, -0.2) is 0 Å². The minimum absolute atomic E-state index is 0.108. The van der Waals surface area contributed by atoms with E-state index in [1.165, 1.54) is 11.3 Å². The summed E-state index contributed by atoms with van der Waals surface area (Å²) in [6.45, 7) is 4.34. The van der Waals surface area contributed by atoms with Crippen molar-refractivity contribution in [3.05, 3.63) is 23.5 Å². The van der Waals surface area contributed by atoms with Crippen LogP contribution in [0, 0.1) is 5.41 Å². The molecule has 14 heavy (non-hydrogen) atoms. The predicted molar refractivity (Wildman–Crippen MR) is 56.2 cm³/mol. The Morgan fingerprint density at radius 3 is 2.86 bits per heavy atom. The molecule has 0 spiro atoms. The number of hydrogen-bond acceptors (Lipinski definition) is 1. The van der Waals surface area contributed by atoms with E-state index in [9.17, 15) is 4.79 Å². The second-order valence-corrected chi connectivity index (χ2v) is 5.04. The molecule has 0 atom stereocenters.